The summed E-state index contributed by atoms with van der Waals surface area (Å²) < 4.78 is 4.86. The van der Waals surface area contributed by atoms with E-state index in [0.29, 0.717) is 16.2 Å². The highest BCUT2D eigenvalue weighted by Gasteiger charge is 2.12. The average molecular weight is 237 g/mol. The summed E-state index contributed by atoms with van der Waals surface area (Å²) in [6.07, 6.45) is 3.19. The van der Waals surface area contributed by atoms with Gasteiger partial charge in [0.2, 0.25) is 0 Å². The summed E-state index contributed by atoms with van der Waals surface area (Å²) in [7, 11) is 0. The molecule has 0 saturated carbocycles. The monoisotopic (exact) mass is 236 g/mol. The van der Waals surface area contributed by atoms with E-state index in [0.717, 1.165) is 5.39 Å². The Morgan fingerprint density at radius 1 is 1.44 bits per heavy atom. The highest BCUT2D eigenvalue weighted by atomic mass is 35.5. The lowest BCUT2D eigenvalue weighted by Crippen LogP contribution is -1.93. The van der Waals surface area contributed by atoms with Crippen molar-refractivity contribution in [3.63, 3.8) is 0 Å². The minimum absolute atomic E-state index is 0.209. The van der Waals surface area contributed by atoms with Gasteiger partial charge in [0.1, 0.15) is 5.65 Å². The lowest BCUT2D eigenvalue weighted by atomic mass is 10.2. The van der Waals surface area contributed by atoms with E-state index in [-0.39, 0.29) is 5.89 Å². The molecular weight excluding hydrogens is 232 g/mol. The SMILES string of the molecule is O=c1[nH]nc(-c2c[nH]c3ncc(Cl)cc23)o1. The van der Waals surface area contributed by atoms with E-state index < -0.39 is 5.76 Å². The topological polar surface area (TPSA) is 87.6 Å². The van der Waals surface area contributed by atoms with E-state index in [9.17, 15) is 4.79 Å². The van der Waals surface area contributed by atoms with Crippen LogP contribution in [0.5, 0.6) is 0 Å². The van der Waals surface area contributed by atoms with E-state index in [1.165, 1.54) is 6.20 Å². The van der Waals surface area contributed by atoms with E-state index in [2.05, 4.69) is 20.2 Å². The van der Waals surface area contributed by atoms with Crippen molar-refractivity contribution >= 4 is 22.6 Å². The predicted octanol–water partition coefficient (Wildman–Crippen LogP) is 1.56. The smallest absolute Gasteiger partial charge is 0.388 e. The van der Waals surface area contributed by atoms with Crippen molar-refractivity contribution in [2.24, 2.45) is 0 Å². The quantitative estimate of drug-likeness (QED) is 0.671. The Hall–Kier alpha value is -2.08. The van der Waals surface area contributed by atoms with Crippen LogP contribution in [0.25, 0.3) is 22.5 Å². The van der Waals surface area contributed by atoms with Gasteiger partial charge in [-0.2, -0.15) is 0 Å². The van der Waals surface area contributed by atoms with Crippen molar-refractivity contribution in [1.82, 2.24) is 20.2 Å². The maximum absolute atomic E-state index is 10.9. The number of fused-ring (bicyclic) bond motifs is 1. The van der Waals surface area contributed by atoms with Crippen molar-refractivity contribution in [2.75, 3.05) is 0 Å². The molecule has 0 aliphatic carbocycles. The molecule has 0 fully saturated rings. The van der Waals surface area contributed by atoms with Crippen molar-refractivity contribution < 1.29 is 4.42 Å². The van der Waals surface area contributed by atoms with Gasteiger partial charge in [-0.3, -0.25) is 0 Å². The number of hydrogen-bond acceptors (Lipinski definition) is 4. The zero-order valence-electron chi connectivity index (χ0n) is 7.82. The third-order valence-electron chi connectivity index (χ3n) is 2.17. The number of H-pyrrole nitrogens is 2. The molecule has 3 rings (SSSR count). The molecule has 3 heterocycles. The van der Waals surface area contributed by atoms with Gasteiger partial charge in [0.05, 0.1) is 10.6 Å². The number of halogens is 1. The summed E-state index contributed by atoms with van der Waals surface area (Å²) in [5, 5.41) is 7.20. The fourth-order valence-corrected chi connectivity index (χ4v) is 1.66. The third-order valence-corrected chi connectivity index (χ3v) is 2.37. The summed E-state index contributed by atoms with van der Waals surface area (Å²) in [6, 6.07) is 1.73. The average Bonchev–Trinajstić information content (AvgIpc) is 2.83. The van der Waals surface area contributed by atoms with Crippen LogP contribution < -0.4 is 5.76 Å². The van der Waals surface area contributed by atoms with Gasteiger partial charge >= 0.3 is 5.76 Å². The molecule has 0 aliphatic heterocycles. The zero-order valence-corrected chi connectivity index (χ0v) is 8.58. The van der Waals surface area contributed by atoms with Crippen LogP contribution in [0.1, 0.15) is 0 Å². The molecule has 0 saturated heterocycles. The molecule has 0 aromatic carbocycles. The summed E-state index contributed by atoms with van der Waals surface area (Å²) >= 11 is 5.84. The van der Waals surface area contributed by atoms with Crippen LogP contribution in [-0.2, 0) is 0 Å². The summed E-state index contributed by atoms with van der Waals surface area (Å²) in [5.74, 6) is -0.389. The van der Waals surface area contributed by atoms with Crippen molar-refractivity contribution in [3.8, 4) is 11.5 Å². The Bertz CT molecular complexity index is 711. The minimum atomic E-state index is -0.598. The van der Waals surface area contributed by atoms with Crippen molar-refractivity contribution in [1.29, 1.82) is 0 Å². The molecule has 0 aliphatic rings. The zero-order chi connectivity index (χ0) is 11.1. The number of rotatable bonds is 1. The van der Waals surface area contributed by atoms with E-state index in [1.807, 2.05) is 0 Å². The normalized spacial score (nSPS) is 11.1. The van der Waals surface area contributed by atoms with Gasteiger partial charge in [0.15, 0.2) is 0 Å². The second-order valence-electron chi connectivity index (χ2n) is 3.17. The van der Waals surface area contributed by atoms with Crippen LogP contribution in [0, 0.1) is 0 Å². The molecule has 16 heavy (non-hydrogen) atoms. The van der Waals surface area contributed by atoms with Gasteiger partial charge in [0.25, 0.3) is 5.89 Å². The van der Waals surface area contributed by atoms with Crippen LogP contribution in [0.3, 0.4) is 0 Å². The van der Waals surface area contributed by atoms with Gasteiger partial charge in [-0.1, -0.05) is 11.6 Å². The fourth-order valence-electron chi connectivity index (χ4n) is 1.50. The Morgan fingerprint density at radius 2 is 2.31 bits per heavy atom. The standard InChI is InChI=1S/C9H5ClN4O2/c10-4-1-5-6(3-12-7(5)11-2-4)8-13-14-9(15)16-8/h1-3H,(H,11,12)(H,14,15). The highest BCUT2D eigenvalue weighted by Crippen LogP contribution is 2.26. The van der Waals surface area contributed by atoms with E-state index >= 15 is 0 Å². The first-order valence-corrected chi connectivity index (χ1v) is 4.80. The van der Waals surface area contributed by atoms with Gasteiger partial charge in [-0.25, -0.2) is 14.9 Å². The maximum atomic E-state index is 10.9. The van der Waals surface area contributed by atoms with Crippen LogP contribution in [0.15, 0.2) is 27.7 Å². The Morgan fingerprint density at radius 3 is 3.06 bits per heavy atom. The minimum Gasteiger partial charge on any atom is -0.388 e. The number of pyridine rings is 1. The molecule has 0 amide bonds. The number of nitrogens with zero attached hydrogens (tertiary/aromatic N) is 2. The first-order chi connectivity index (χ1) is 7.74. The van der Waals surface area contributed by atoms with Gasteiger partial charge in [-0.05, 0) is 6.07 Å². The number of hydrogen-bond donors (Lipinski definition) is 2. The number of aromatic amines is 2. The van der Waals surface area contributed by atoms with Crippen molar-refractivity contribution in [3.05, 3.63) is 34.0 Å². The third kappa shape index (κ3) is 1.31. The van der Waals surface area contributed by atoms with Gasteiger partial charge in [0, 0.05) is 17.8 Å². The Kier molecular flexibility index (Phi) is 1.84. The molecule has 80 valence electrons. The second-order valence-corrected chi connectivity index (χ2v) is 3.61. The molecular formula is C9H5ClN4O2. The molecule has 2 N–H and O–H groups in total. The highest BCUT2D eigenvalue weighted by molar-refractivity contribution is 6.31. The van der Waals surface area contributed by atoms with E-state index in [1.54, 1.807) is 12.3 Å². The lowest BCUT2D eigenvalue weighted by Gasteiger charge is -1.92. The van der Waals surface area contributed by atoms with Crippen LogP contribution >= 0.6 is 11.6 Å². The summed E-state index contributed by atoms with van der Waals surface area (Å²) in [5.41, 5.74) is 1.30. The molecule has 6 nitrogen and oxygen atoms in total. The molecule has 3 aromatic rings. The van der Waals surface area contributed by atoms with Gasteiger partial charge < -0.3 is 9.40 Å². The van der Waals surface area contributed by atoms with Crippen molar-refractivity contribution in [2.45, 2.75) is 0 Å². The molecule has 0 atom stereocenters. The first-order valence-electron chi connectivity index (χ1n) is 4.42. The predicted molar refractivity (Wildman–Crippen MR) is 57.2 cm³/mol. The largest absolute Gasteiger partial charge is 0.434 e. The summed E-state index contributed by atoms with van der Waals surface area (Å²) in [6.45, 7) is 0. The van der Waals surface area contributed by atoms with Gasteiger partial charge in [-0.15, -0.1) is 5.10 Å². The molecule has 3 aromatic heterocycles. The van der Waals surface area contributed by atoms with Crippen LogP contribution in [-0.4, -0.2) is 20.2 Å². The number of aromatic nitrogens is 4. The van der Waals surface area contributed by atoms with Crippen LogP contribution in [0.4, 0.5) is 0 Å². The fraction of sp³-hybridized carbons (Fsp3) is 0. The molecule has 7 heteroatoms. The molecule has 0 unspecified atom stereocenters. The Labute approximate surface area is 93.3 Å². The Balaban J connectivity index is 2.31. The molecule has 0 radical (unpaired) electrons. The maximum Gasteiger partial charge on any atom is 0.434 e. The lowest BCUT2D eigenvalue weighted by molar-refractivity contribution is 0.527. The molecule has 0 bridgehead atoms. The molecule has 0 spiro atoms. The van der Waals surface area contributed by atoms with Crippen LogP contribution in [0.2, 0.25) is 5.02 Å². The number of nitrogens with one attached hydrogen (secondary N) is 2. The van der Waals surface area contributed by atoms with E-state index in [4.69, 9.17) is 16.0 Å². The summed E-state index contributed by atoms with van der Waals surface area (Å²) in [4.78, 5) is 17.9. The first kappa shape index (κ1) is 9.17. The second kappa shape index (κ2) is 3.21.